The molecule has 0 aliphatic rings. The Morgan fingerprint density at radius 1 is 1.11 bits per heavy atom. The lowest BCUT2D eigenvalue weighted by atomic mass is 10.1. The monoisotopic (exact) mass is 383 g/mol. The number of carbonyl (C=O) groups is 1. The van der Waals surface area contributed by atoms with E-state index in [9.17, 15) is 4.79 Å². The molecule has 2 heterocycles. The predicted octanol–water partition coefficient (Wildman–Crippen LogP) is 3.06. The number of rotatable bonds is 7. The van der Waals surface area contributed by atoms with Gasteiger partial charge in [-0.1, -0.05) is 12.1 Å². The Morgan fingerprint density at radius 2 is 1.85 bits per heavy atom. The van der Waals surface area contributed by atoms with E-state index in [1.54, 1.807) is 16.3 Å². The molecule has 0 radical (unpaired) electrons. The lowest BCUT2D eigenvalue weighted by molar-refractivity contribution is -0.121. The smallest absolute Gasteiger partial charge is 0.252 e. The predicted molar refractivity (Wildman–Crippen MR) is 108 cm³/mol. The topological polar surface area (TPSA) is 72.2 Å². The van der Waals surface area contributed by atoms with Crippen molar-refractivity contribution in [1.29, 1.82) is 0 Å². The van der Waals surface area contributed by atoms with Crippen LogP contribution in [0.15, 0.2) is 29.2 Å². The van der Waals surface area contributed by atoms with Crippen LogP contribution in [0.1, 0.15) is 34.8 Å². The summed E-state index contributed by atoms with van der Waals surface area (Å²) in [6.45, 7) is 6.46. The van der Waals surface area contributed by atoms with Crippen LogP contribution in [0.2, 0.25) is 0 Å². The Kier molecular flexibility index (Phi) is 6.11. The summed E-state index contributed by atoms with van der Waals surface area (Å²) in [4.78, 5) is 22.3. The second-order valence-electron chi connectivity index (χ2n) is 6.58. The molecule has 7 heteroatoms. The third-order valence-corrected chi connectivity index (χ3v) is 5.40. The number of nitrogens with zero attached hydrogens (tertiary/aromatic N) is 4. The van der Waals surface area contributed by atoms with Gasteiger partial charge in [0.05, 0.1) is 0 Å². The molecule has 0 unspecified atom stereocenters. The molecule has 0 bridgehead atoms. The van der Waals surface area contributed by atoms with Crippen LogP contribution in [-0.4, -0.2) is 38.3 Å². The van der Waals surface area contributed by atoms with Crippen LogP contribution in [-0.2, 0) is 17.6 Å². The van der Waals surface area contributed by atoms with E-state index in [1.165, 1.54) is 10.5 Å². The minimum Gasteiger partial charge on any atom is -0.356 e. The maximum absolute atomic E-state index is 12.2. The summed E-state index contributed by atoms with van der Waals surface area (Å²) >= 11 is 1.73. The average molecular weight is 384 g/mol. The molecular weight excluding hydrogens is 358 g/mol. The molecule has 1 aromatic carbocycles. The molecular formula is C20H25N5OS. The number of hydrogen-bond donors (Lipinski definition) is 1. The van der Waals surface area contributed by atoms with E-state index >= 15 is 0 Å². The lowest BCUT2D eigenvalue weighted by Crippen LogP contribution is -2.26. The molecule has 0 saturated carbocycles. The second-order valence-corrected chi connectivity index (χ2v) is 7.46. The van der Waals surface area contributed by atoms with Crippen molar-refractivity contribution < 1.29 is 4.79 Å². The number of benzene rings is 1. The van der Waals surface area contributed by atoms with Gasteiger partial charge in [-0.2, -0.15) is 10.1 Å². The molecule has 3 aromatic rings. The standard InChI is InChI=1S/C20H25N5OS/c1-13-18(14(2)25-20(22-13)23-15(3)24-25)9-10-19(26)21-12-11-16-5-7-17(27-4)8-6-16/h5-8H,9-12H2,1-4H3,(H,21,26). The highest BCUT2D eigenvalue weighted by molar-refractivity contribution is 7.98. The number of aromatic nitrogens is 4. The van der Waals surface area contributed by atoms with Crippen molar-refractivity contribution in [2.24, 2.45) is 0 Å². The van der Waals surface area contributed by atoms with Crippen molar-refractivity contribution in [3.05, 3.63) is 52.6 Å². The summed E-state index contributed by atoms with van der Waals surface area (Å²) < 4.78 is 1.76. The fourth-order valence-corrected chi connectivity index (χ4v) is 3.54. The van der Waals surface area contributed by atoms with Crippen LogP contribution < -0.4 is 5.32 Å². The number of carbonyl (C=O) groups excluding carboxylic acids is 1. The molecule has 2 aromatic heterocycles. The molecule has 1 amide bonds. The summed E-state index contributed by atoms with van der Waals surface area (Å²) in [5, 5.41) is 7.39. The maximum atomic E-state index is 12.2. The molecule has 0 aliphatic carbocycles. The number of hydrogen-bond acceptors (Lipinski definition) is 5. The van der Waals surface area contributed by atoms with Gasteiger partial charge in [-0.25, -0.2) is 9.50 Å². The van der Waals surface area contributed by atoms with Crippen LogP contribution in [0.5, 0.6) is 0 Å². The summed E-state index contributed by atoms with van der Waals surface area (Å²) in [5.74, 6) is 1.37. The molecule has 0 aliphatic heterocycles. The van der Waals surface area contributed by atoms with Gasteiger partial charge in [0, 0.05) is 29.2 Å². The summed E-state index contributed by atoms with van der Waals surface area (Å²) in [6.07, 6.45) is 3.99. The van der Waals surface area contributed by atoms with Crippen molar-refractivity contribution >= 4 is 23.4 Å². The Morgan fingerprint density at radius 3 is 2.56 bits per heavy atom. The zero-order valence-corrected chi connectivity index (χ0v) is 17.1. The minimum atomic E-state index is 0.0596. The zero-order chi connectivity index (χ0) is 19.4. The molecule has 0 saturated heterocycles. The molecule has 1 N–H and O–H groups in total. The molecule has 0 atom stereocenters. The van der Waals surface area contributed by atoms with E-state index < -0.39 is 0 Å². The van der Waals surface area contributed by atoms with Gasteiger partial charge in [0.1, 0.15) is 5.82 Å². The first kappa shape index (κ1) is 19.4. The van der Waals surface area contributed by atoms with Crippen molar-refractivity contribution in [2.75, 3.05) is 12.8 Å². The van der Waals surface area contributed by atoms with Crippen LogP contribution >= 0.6 is 11.8 Å². The highest BCUT2D eigenvalue weighted by Crippen LogP contribution is 2.16. The second kappa shape index (κ2) is 8.52. The molecule has 142 valence electrons. The van der Waals surface area contributed by atoms with Crippen LogP contribution in [0.25, 0.3) is 5.78 Å². The molecule has 0 spiro atoms. The van der Waals surface area contributed by atoms with E-state index in [-0.39, 0.29) is 5.91 Å². The third-order valence-electron chi connectivity index (χ3n) is 4.65. The van der Waals surface area contributed by atoms with Gasteiger partial charge in [0.15, 0.2) is 0 Å². The highest BCUT2D eigenvalue weighted by atomic mass is 32.2. The highest BCUT2D eigenvalue weighted by Gasteiger charge is 2.13. The average Bonchev–Trinajstić information content (AvgIpc) is 3.02. The summed E-state index contributed by atoms with van der Waals surface area (Å²) in [5.41, 5.74) is 4.21. The first-order chi connectivity index (χ1) is 13.0. The Bertz CT molecular complexity index is 949. The van der Waals surface area contributed by atoms with E-state index in [4.69, 9.17) is 0 Å². The first-order valence-electron chi connectivity index (χ1n) is 9.07. The van der Waals surface area contributed by atoms with E-state index in [1.807, 2.05) is 20.8 Å². The first-order valence-corrected chi connectivity index (χ1v) is 10.3. The number of thioether (sulfide) groups is 1. The lowest BCUT2D eigenvalue weighted by Gasteiger charge is -2.10. The van der Waals surface area contributed by atoms with E-state index in [0.717, 1.165) is 23.4 Å². The van der Waals surface area contributed by atoms with Crippen molar-refractivity contribution in [2.45, 2.75) is 44.9 Å². The van der Waals surface area contributed by atoms with Crippen molar-refractivity contribution in [1.82, 2.24) is 24.9 Å². The number of nitrogens with one attached hydrogen (secondary N) is 1. The van der Waals surface area contributed by atoms with Gasteiger partial charge in [0.2, 0.25) is 5.91 Å². The Labute approximate surface area is 163 Å². The Balaban J connectivity index is 1.53. The normalized spacial score (nSPS) is 11.1. The Hall–Kier alpha value is -2.41. The van der Waals surface area contributed by atoms with Crippen LogP contribution in [0.3, 0.4) is 0 Å². The van der Waals surface area contributed by atoms with Gasteiger partial charge in [-0.3, -0.25) is 4.79 Å². The van der Waals surface area contributed by atoms with E-state index in [0.29, 0.717) is 31.0 Å². The van der Waals surface area contributed by atoms with Gasteiger partial charge >= 0.3 is 0 Å². The SMILES string of the molecule is CSc1ccc(CCNC(=O)CCc2c(C)nc3nc(C)nn3c2C)cc1. The molecule has 27 heavy (non-hydrogen) atoms. The minimum absolute atomic E-state index is 0.0596. The van der Waals surface area contributed by atoms with E-state index in [2.05, 4.69) is 50.9 Å². The van der Waals surface area contributed by atoms with Crippen LogP contribution in [0.4, 0.5) is 0 Å². The zero-order valence-electron chi connectivity index (χ0n) is 16.2. The number of amides is 1. The fourth-order valence-electron chi connectivity index (χ4n) is 3.14. The summed E-state index contributed by atoms with van der Waals surface area (Å²) in [6, 6.07) is 8.46. The number of fused-ring (bicyclic) bond motifs is 1. The number of aryl methyl sites for hydroxylation is 3. The third kappa shape index (κ3) is 4.66. The molecule has 6 nitrogen and oxygen atoms in total. The van der Waals surface area contributed by atoms with Crippen LogP contribution in [0, 0.1) is 20.8 Å². The largest absolute Gasteiger partial charge is 0.356 e. The van der Waals surface area contributed by atoms with Gasteiger partial charge in [-0.15, -0.1) is 11.8 Å². The molecule has 0 fully saturated rings. The fraction of sp³-hybridized carbons (Fsp3) is 0.400. The molecule has 3 rings (SSSR count). The quantitative estimate of drug-likeness (QED) is 0.635. The van der Waals surface area contributed by atoms with Crippen molar-refractivity contribution in [3.63, 3.8) is 0 Å². The van der Waals surface area contributed by atoms with Gasteiger partial charge in [-0.05, 0) is 63.1 Å². The summed E-state index contributed by atoms with van der Waals surface area (Å²) in [7, 11) is 0. The van der Waals surface area contributed by atoms with Crippen molar-refractivity contribution in [3.8, 4) is 0 Å². The van der Waals surface area contributed by atoms with Gasteiger partial charge < -0.3 is 5.32 Å². The maximum Gasteiger partial charge on any atom is 0.252 e. The van der Waals surface area contributed by atoms with Gasteiger partial charge in [0.25, 0.3) is 5.78 Å².